The Hall–Kier alpha value is -1.35. The van der Waals surface area contributed by atoms with Gasteiger partial charge in [-0.25, -0.2) is 0 Å². The molecule has 3 heteroatoms. The molecule has 17 heavy (non-hydrogen) atoms. The molecule has 0 bridgehead atoms. The molecule has 1 aliphatic heterocycles. The van der Waals surface area contributed by atoms with Gasteiger partial charge in [0.25, 0.3) is 0 Å². The molecule has 1 atom stereocenters. The van der Waals surface area contributed by atoms with E-state index < -0.39 is 0 Å². The molecule has 0 amide bonds. The zero-order chi connectivity index (χ0) is 12.1. The van der Waals surface area contributed by atoms with Crippen molar-refractivity contribution in [3.8, 4) is 0 Å². The number of hydrogen-bond donors (Lipinski definition) is 0. The number of methoxy groups -OCH3 is 1. The second-order valence-electron chi connectivity index (χ2n) is 4.49. The van der Waals surface area contributed by atoms with Gasteiger partial charge in [-0.05, 0) is 24.9 Å². The number of ether oxygens (including phenoxy) is 1. The summed E-state index contributed by atoms with van der Waals surface area (Å²) >= 11 is 0. The minimum atomic E-state index is -0.0966. The number of hydrogen-bond acceptors (Lipinski definition) is 3. The Kier molecular flexibility index (Phi) is 4.15. The Balaban J connectivity index is 2.04. The summed E-state index contributed by atoms with van der Waals surface area (Å²) in [6.45, 7) is 1.81. The molecule has 1 aliphatic rings. The van der Waals surface area contributed by atoms with Gasteiger partial charge < -0.3 is 4.74 Å². The lowest BCUT2D eigenvalue weighted by molar-refractivity contribution is -0.148. The maximum Gasteiger partial charge on any atom is 0.323 e. The number of carbonyl (C=O) groups excluding carboxylic acids is 1. The van der Waals surface area contributed by atoms with Crippen LogP contribution in [0.5, 0.6) is 0 Å². The highest BCUT2D eigenvalue weighted by atomic mass is 16.5. The molecule has 92 valence electrons. The summed E-state index contributed by atoms with van der Waals surface area (Å²) in [6.07, 6.45) is 3.20. The van der Waals surface area contributed by atoms with Crippen molar-refractivity contribution < 1.29 is 9.53 Å². The standard InChI is InChI=1S/C14H19NO2/c1-17-14(16)13-9-5-6-10-15(13)11-12-7-3-2-4-8-12/h2-4,7-8,13H,5-6,9-11H2,1H3. The minimum absolute atomic E-state index is 0.0612. The second kappa shape index (κ2) is 5.82. The van der Waals surface area contributed by atoms with E-state index in [1.54, 1.807) is 0 Å². The van der Waals surface area contributed by atoms with Crippen LogP contribution in [0, 0.1) is 0 Å². The molecule has 1 aromatic carbocycles. The van der Waals surface area contributed by atoms with Crippen molar-refractivity contribution >= 4 is 5.97 Å². The summed E-state index contributed by atoms with van der Waals surface area (Å²) in [4.78, 5) is 13.9. The molecule has 2 rings (SSSR count). The quantitative estimate of drug-likeness (QED) is 0.750. The van der Waals surface area contributed by atoms with Crippen LogP contribution < -0.4 is 0 Å². The molecule has 0 saturated carbocycles. The molecule has 1 unspecified atom stereocenters. The maximum absolute atomic E-state index is 11.7. The van der Waals surface area contributed by atoms with Gasteiger partial charge >= 0.3 is 5.97 Å². The van der Waals surface area contributed by atoms with Crippen LogP contribution in [0.3, 0.4) is 0 Å². The van der Waals surface area contributed by atoms with Crippen molar-refractivity contribution in [1.29, 1.82) is 0 Å². The Labute approximate surface area is 102 Å². The molecule has 1 heterocycles. The first kappa shape index (κ1) is 12.1. The summed E-state index contributed by atoms with van der Waals surface area (Å²) in [7, 11) is 1.47. The average Bonchev–Trinajstić information content (AvgIpc) is 2.40. The number of nitrogens with zero attached hydrogens (tertiary/aromatic N) is 1. The van der Waals surface area contributed by atoms with Gasteiger partial charge in [0.15, 0.2) is 0 Å². The van der Waals surface area contributed by atoms with E-state index in [0.717, 1.165) is 25.9 Å². The van der Waals surface area contributed by atoms with Gasteiger partial charge in [-0.3, -0.25) is 9.69 Å². The SMILES string of the molecule is COC(=O)C1CCCCN1Cc1ccccc1. The molecule has 0 spiro atoms. The third kappa shape index (κ3) is 3.07. The number of piperidine rings is 1. The summed E-state index contributed by atoms with van der Waals surface area (Å²) in [6, 6.07) is 10.2. The topological polar surface area (TPSA) is 29.5 Å². The zero-order valence-electron chi connectivity index (χ0n) is 10.3. The molecular formula is C14H19NO2. The van der Waals surface area contributed by atoms with Crippen LogP contribution in [0.15, 0.2) is 30.3 Å². The van der Waals surface area contributed by atoms with E-state index >= 15 is 0 Å². The Morgan fingerprint density at radius 2 is 2.12 bits per heavy atom. The number of benzene rings is 1. The Morgan fingerprint density at radius 3 is 2.82 bits per heavy atom. The lowest BCUT2D eigenvalue weighted by Gasteiger charge is -2.33. The van der Waals surface area contributed by atoms with Gasteiger partial charge in [0.05, 0.1) is 7.11 Å². The fourth-order valence-electron chi connectivity index (χ4n) is 2.40. The van der Waals surface area contributed by atoms with Crippen LogP contribution in [-0.4, -0.2) is 30.6 Å². The normalized spacial score (nSPS) is 21.1. The van der Waals surface area contributed by atoms with E-state index in [-0.39, 0.29) is 12.0 Å². The first-order valence-corrected chi connectivity index (χ1v) is 6.17. The Morgan fingerprint density at radius 1 is 1.35 bits per heavy atom. The third-order valence-corrected chi connectivity index (χ3v) is 3.32. The first-order valence-electron chi connectivity index (χ1n) is 6.17. The average molecular weight is 233 g/mol. The highest BCUT2D eigenvalue weighted by Crippen LogP contribution is 2.20. The van der Waals surface area contributed by atoms with E-state index in [1.807, 2.05) is 18.2 Å². The largest absolute Gasteiger partial charge is 0.468 e. The first-order chi connectivity index (χ1) is 8.31. The molecule has 0 radical (unpaired) electrons. The highest BCUT2D eigenvalue weighted by molar-refractivity contribution is 5.75. The third-order valence-electron chi connectivity index (χ3n) is 3.32. The van der Waals surface area contributed by atoms with Crippen LogP contribution in [0.2, 0.25) is 0 Å². The van der Waals surface area contributed by atoms with Crippen molar-refractivity contribution in [2.24, 2.45) is 0 Å². The monoisotopic (exact) mass is 233 g/mol. The second-order valence-corrected chi connectivity index (χ2v) is 4.49. The molecule has 0 N–H and O–H groups in total. The fourth-order valence-corrected chi connectivity index (χ4v) is 2.40. The van der Waals surface area contributed by atoms with E-state index in [9.17, 15) is 4.79 Å². The molecule has 3 nitrogen and oxygen atoms in total. The number of esters is 1. The van der Waals surface area contributed by atoms with Crippen LogP contribution >= 0.6 is 0 Å². The predicted molar refractivity (Wildman–Crippen MR) is 66.5 cm³/mol. The van der Waals surface area contributed by atoms with Crippen molar-refractivity contribution in [3.05, 3.63) is 35.9 Å². The fraction of sp³-hybridized carbons (Fsp3) is 0.500. The molecule has 1 fully saturated rings. The summed E-state index contributed by atoms with van der Waals surface area (Å²) < 4.78 is 4.88. The van der Waals surface area contributed by atoms with E-state index in [1.165, 1.54) is 19.1 Å². The van der Waals surface area contributed by atoms with Crippen LogP contribution in [0.25, 0.3) is 0 Å². The van der Waals surface area contributed by atoms with Gasteiger partial charge in [-0.15, -0.1) is 0 Å². The van der Waals surface area contributed by atoms with Crippen molar-refractivity contribution in [2.75, 3.05) is 13.7 Å². The van der Waals surface area contributed by atoms with E-state index in [4.69, 9.17) is 4.74 Å². The van der Waals surface area contributed by atoms with Crippen LogP contribution in [-0.2, 0) is 16.1 Å². The lowest BCUT2D eigenvalue weighted by Crippen LogP contribution is -2.44. The van der Waals surface area contributed by atoms with E-state index in [0.29, 0.717) is 0 Å². The minimum Gasteiger partial charge on any atom is -0.468 e. The highest BCUT2D eigenvalue weighted by Gasteiger charge is 2.29. The number of rotatable bonds is 3. The summed E-state index contributed by atoms with van der Waals surface area (Å²) in [5.41, 5.74) is 1.25. The predicted octanol–water partition coefficient (Wildman–Crippen LogP) is 2.21. The van der Waals surface area contributed by atoms with Gasteiger partial charge in [0.1, 0.15) is 6.04 Å². The summed E-state index contributed by atoms with van der Waals surface area (Å²) in [5, 5.41) is 0. The van der Waals surface area contributed by atoms with E-state index in [2.05, 4.69) is 17.0 Å². The smallest absolute Gasteiger partial charge is 0.323 e. The lowest BCUT2D eigenvalue weighted by atomic mass is 10.0. The maximum atomic E-state index is 11.7. The number of carbonyl (C=O) groups is 1. The van der Waals surface area contributed by atoms with Crippen LogP contribution in [0.1, 0.15) is 24.8 Å². The molecule has 0 aromatic heterocycles. The van der Waals surface area contributed by atoms with Gasteiger partial charge in [-0.1, -0.05) is 36.8 Å². The Bertz CT molecular complexity index is 364. The molecule has 1 aromatic rings. The van der Waals surface area contributed by atoms with Crippen molar-refractivity contribution in [1.82, 2.24) is 4.90 Å². The number of likely N-dealkylation sites (tertiary alicyclic amines) is 1. The van der Waals surface area contributed by atoms with Crippen LogP contribution in [0.4, 0.5) is 0 Å². The molecule has 1 saturated heterocycles. The molecular weight excluding hydrogens is 214 g/mol. The van der Waals surface area contributed by atoms with Crippen molar-refractivity contribution in [3.63, 3.8) is 0 Å². The van der Waals surface area contributed by atoms with Crippen molar-refractivity contribution in [2.45, 2.75) is 31.8 Å². The molecule has 0 aliphatic carbocycles. The summed E-state index contributed by atoms with van der Waals surface area (Å²) in [5.74, 6) is -0.0966. The van der Waals surface area contributed by atoms with Gasteiger partial charge in [0.2, 0.25) is 0 Å². The van der Waals surface area contributed by atoms with Gasteiger partial charge in [-0.2, -0.15) is 0 Å². The van der Waals surface area contributed by atoms with Gasteiger partial charge in [0, 0.05) is 6.54 Å². The zero-order valence-corrected chi connectivity index (χ0v) is 10.3.